The zero-order chi connectivity index (χ0) is 14.7. The van der Waals surface area contributed by atoms with Gasteiger partial charge in [0.15, 0.2) is 5.13 Å². The zero-order valence-electron chi connectivity index (χ0n) is 12.0. The first-order valence-electron chi connectivity index (χ1n) is 6.86. The number of nitrogens with one attached hydrogen (secondary N) is 1. The minimum absolute atomic E-state index is 0.0822. The lowest BCUT2D eigenvalue weighted by Gasteiger charge is -2.28. The van der Waals surface area contributed by atoms with Gasteiger partial charge < -0.3 is 20.1 Å². The minimum Gasteiger partial charge on any atom is -0.388 e. The maximum atomic E-state index is 12.6. The second-order valence-electron chi connectivity index (χ2n) is 4.73. The maximum absolute atomic E-state index is 12.6. The monoisotopic (exact) mass is 299 g/mol. The van der Waals surface area contributed by atoms with Gasteiger partial charge in [-0.15, -0.1) is 0 Å². The highest BCUT2D eigenvalue weighted by atomic mass is 32.1. The Morgan fingerprint density at radius 2 is 2.30 bits per heavy atom. The standard InChI is InChI=1S/C13H21N3O3S/c1-4-14-13-15-8(3)11(20-13)12(18)16(5-2)9-6-19-7-10(9)17/h9-10,17H,4-7H2,1-3H3,(H,14,15)/t9-,10-/m1/s1. The van der Waals surface area contributed by atoms with Gasteiger partial charge in [0.05, 0.1) is 31.1 Å². The number of nitrogens with zero attached hydrogens (tertiary/aromatic N) is 2. The Balaban J connectivity index is 2.19. The number of aromatic nitrogens is 1. The summed E-state index contributed by atoms with van der Waals surface area (Å²) in [5.41, 5.74) is 0.725. The molecule has 2 atom stereocenters. The van der Waals surface area contributed by atoms with Crippen LogP contribution in [-0.4, -0.2) is 59.3 Å². The Bertz CT molecular complexity index is 477. The predicted octanol–water partition coefficient (Wildman–Crippen LogP) is 1.11. The molecule has 0 unspecified atom stereocenters. The van der Waals surface area contributed by atoms with Gasteiger partial charge in [-0.3, -0.25) is 4.79 Å². The van der Waals surface area contributed by atoms with Gasteiger partial charge in [-0.25, -0.2) is 4.98 Å². The molecule has 1 saturated heterocycles. The zero-order valence-corrected chi connectivity index (χ0v) is 12.9. The van der Waals surface area contributed by atoms with Crippen molar-refractivity contribution >= 4 is 22.4 Å². The number of aliphatic hydroxyl groups excluding tert-OH is 1. The number of amides is 1. The number of ether oxygens (including phenoxy) is 1. The lowest BCUT2D eigenvalue weighted by Crippen LogP contribution is -2.46. The summed E-state index contributed by atoms with van der Waals surface area (Å²) >= 11 is 1.36. The first-order chi connectivity index (χ1) is 9.58. The number of anilines is 1. The van der Waals surface area contributed by atoms with Crippen molar-refractivity contribution in [2.24, 2.45) is 0 Å². The molecule has 0 aromatic carbocycles. The summed E-state index contributed by atoms with van der Waals surface area (Å²) in [6.07, 6.45) is -0.611. The van der Waals surface area contributed by atoms with Crippen molar-refractivity contribution in [1.82, 2.24) is 9.88 Å². The average Bonchev–Trinajstić information content (AvgIpc) is 2.98. The number of carbonyl (C=O) groups is 1. The Morgan fingerprint density at radius 3 is 2.85 bits per heavy atom. The van der Waals surface area contributed by atoms with Crippen LogP contribution in [0.5, 0.6) is 0 Å². The van der Waals surface area contributed by atoms with E-state index < -0.39 is 6.10 Å². The van der Waals surface area contributed by atoms with Gasteiger partial charge >= 0.3 is 0 Å². The summed E-state index contributed by atoms with van der Waals surface area (Å²) in [5, 5.41) is 13.8. The molecule has 112 valence electrons. The second-order valence-corrected chi connectivity index (χ2v) is 5.73. The summed E-state index contributed by atoms with van der Waals surface area (Å²) in [7, 11) is 0. The van der Waals surface area contributed by atoms with Gasteiger partial charge in [0, 0.05) is 13.1 Å². The first kappa shape index (κ1) is 15.2. The van der Waals surface area contributed by atoms with Gasteiger partial charge in [-0.1, -0.05) is 11.3 Å². The number of thiazole rings is 1. The number of carbonyl (C=O) groups excluding carboxylic acids is 1. The van der Waals surface area contributed by atoms with Gasteiger partial charge in [0.1, 0.15) is 4.88 Å². The van der Waals surface area contributed by atoms with E-state index in [0.29, 0.717) is 24.6 Å². The van der Waals surface area contributed by atoms with Crippen LogP contribution in [0.3, 0.4) is 0 Å². The largest absolute Gasteiger partial charge is 0.388 e. The first-order valence-corrected chi connectivity index (χ1v) is 7.68. The molecule has 20 heavy (non-hydrogen) atoms. The quantitative estimate of drug-likeness (QED) is 0.852. The number of rotatable bonds is 5. The van der Waals surface area contributed by atoms with Gasteiger partial charge in [0.25, 0.3) is 5.91 Å². The molecule has 1 fully saturated rings. The number of aliphatic hydroxyl groups is 1. The molecule has 1 aliphatic heterocycles. The molecule has 1 aliphatic rings. The van der Waals surface area contributed by atoms with Gasteiger partial charge in [-0.2, -0.15) is 0 Å². The molecule has 0 aliphatic carbocycles. The van der Waals surface area contributed by atoms with Crippen LogP contribution in [0.4, 0.5) is 5.13 Å². The molecule has 0 saturated carbocycles. The molecule has 1 aromatic heterocycles. The van der Waals surface area contributed by atoms with Gasteiger partial charge in [0.2, 0.25) is 0 Å². The van der Waals surface area contributed by atoms with Crippen LogP contribution in [-0.2, 0) is 4.74 Å². The highest BCUT2D eigenvalue weighted by Gasteiger charge is 2.35. The van der Waals surface area contributed by atoms with E-state index in [1.807, 2.05) is 20.8 Å². The fourth-order valence-electron chi connectivity index (χ4n) is 2.31. The topological polar surface area (TPSA) is 74.7 Å². The number of hydrogen-bond donors (Lipinski definition) is 2. The van der Waals surface area contributed by atoms with E-state index in [9.17, 15) is 9.90 Å². The van der Waals surface area contributed by atoms with E-state index in [0.717, 1.165) is 17.4 Å². The molecule has 1 aromatic rings. The average molecular weight is 299 g/mol. The predicted molar refractivity (Wildman–Crippen MR) is 78.3 cm³/mol. The van der Waals surface area contributed by atoms with Crippen molar-refractivity contribution in [1.29, 1.82) is 0 Å². The van der Waals surface area contributed by atoms with Crippen LogP contribution in [0.2, 0.25) is 0 Å². The molecular weight excluding hydrogens is 278 g/mol. The van der Waals surface area contributed by atoms with Crippen LogP contribution in [0, 0.1) is 6.92 Å². The fourth-order valence-corrected chi connectivity index (χ4v) is 3.30. The van der Waals surface area contributed by atoms with Crippen molar-refractivity contribution in [2.75, 3.05) is 31.6 Å². The molecule has 7 heteroatoms. The molecule has 6 nitrogen and oxygen atoms in total. The summed E-state index contributed by atoms with van der Waals surface area (Å²) < 4.78 is 5.24. The molecule has 2 heterocycles. The van der Waals surface area contributed by atoms with E-state index in [1.54, 1.807) is 4.90 Å². The molecule has 2 N–H and O–H groups in total. The van der Waals surface area contributed by atoms with Crippen LogP contribution in [0.1, 0.15) is 29.2 Å². The Kier molecular flexibility index (Phi) is 4.95. The summed E-state index contributed by atoms with van der Waals surface area (Å²) in [5.74, 6) is -0.0822. The van der Waals surface area contributed by atoms with Crippen molar-refractivity contribution in [2.45, 2.75) is 32.9 Å². The van der Waals surface area contributed by atoms with Crippen molar-refractivity contribution < 1.29 is 14.6 Å². The van der Waals surface area contributed by atoms with Crippen LogP contribution >= 0.6 is 11.3 Å². The summed E-state index contributed by atoms with van der Waals surface area (Å²) in [6, 6.07) is -0.267. The smallest absolute Gasteiger partial charge is 0.266 e. The highest BCUT2D eigenvalue weighted by molar-refractivity contribution is 7.17. The lowest BCUT2D eigenvalue weighted by molar-refractivity contribution is 0.0524. The van der Waals surface area contributed by atoms with Crippen LogP contribution in [0.25, 0.3) is 0 Å². The Labute approximate surface area is 122 Å². The second kappa shape index (κ2) is 6.51. The molecule has 2 rings (SSSR count). The molecule has 0 spiro atoms. The minimum atomic E-state index is -0.611. The lowest BCUT2D eigenvalue weighted by atomic mass is 10.1. The van der Waals surface area contributed by atoms with E-state index in [4.69, 9.17) is 4.74 Å². The SMILES string of the molecule is CCNc1nc(C)c(C(=O)N(CC)[C@@H]2COC[C@H]2O)s1. The van der Waals surface area contributed by atoms with Crippen LogP contribution in [0.15, 0.2) is 0 Å². The van der Waals surface area contributed by atoms with Crippen molar-refractivity contribution in [3.8, 4) is 0 Å². The third kappa shape index (κ3) is 2.94. The highest BCUT2D eigenvalue weighted by Crippen LogP contribution is 2.26. The molecular formula is C13H21N3O3S. The van der Waals surface area contributed by atoms with E-state index >= 15 is 0 Å². The normalized spacial score (nSPS) is 22.0. The summed E-state index contributed by atoms with van der Waals surface area (Å²) in [4.78, 5) is 19.3. The molecule has 0 bridgehead atoms. The van der Waals surface area contributed by atoms with Crippen molar-refractivity contribution in [3.05, 3.63) is 10.6 Å². The maximum Gasteiger partial charge on any atom is 0.266 e. The van der Waals surface area contributed by atoms with Gasteiger partial charge in [-0.05, 0) is 20.8 Å². The number of aryl methyl sites for hydroxylation is 1. The van der Waals surface area contributed by atoms with Crippen molar-refractivity contribution in [3.63, 3.8) is 0 Å². The Hall–Kier alpha value is -1.18. The van der Waals surface area contributed by atoms with E-state index in [-0.39, 0.29) is 11.9 Å². The van der Waals surface area contributed by atoms with E-state index in [1.165, 1.54) is 11.3 Å². The summed E-state index contributed by atoms with van der Waals surface area (Å²) in [6.45, 7) is 7.72. The molecule has 0 radical (unpaired) electrons. The number of likely N-dealkylation sites (N-methyl/N-ethyl adjacent to an activating group) is 1. The third-order valence-corrected chi connectivity index (χ3v) is 4.45. The number of hydrogen-bond acceptors (Lipinski definition) is 6. The van der Waals surface area contributed by atoms with E-state index in [2.05, 4.69) is 10.3 Å². The molecule has 1 amide bonds. The Morgan fingerprint density at radius 1 is 1.55 bits per heavy atom. The van der Waals surface area contributed by atoms with Crippen LogP contribution < -0.4 is 5.32 Å². The fraction of sp³-hybridized carbons (Fsp3) is 0.692. The third-order valence-electron chi connectivity index (χ3n) is 3.34.